The number of alkyl carbamates (subject to hydrolysis) is 1. The summed E-state index contributed by atoms with van der Waals surface area (Å²) in [5.74, 6) is 0.420. The third kappa shape index (κ3) is 7.83. The van der Waals surface area contributed by atoms with Crippen LogP contribution in [-0.2, 0) is 11.3 Å². The van der Waals surface area contributed by atoms with E-state index >= 15 is 0 Å². The zero-order valence-corrected chi connectivity index (χ0v) is 15.7. The molecular formula is C15H25BrN2O2S. The number of carbonyl (C=O) groups excluding carboxylic acids is 1. The van der Waals surface area contributed by atoms with Crippen LogP contribution in [0.3, 0.4) is 0 Å². The molecule has 21 heavy (non-hydrogen) atoms. The molecule has 2 N–H and O–H groups in total. The molecule has 0 aliphatic carbocycles. The number of halogens is 1. The third-order valence-corrected chi connectivity index (χ3v) is 4.53. The standard InChI is InChI=1S/C15H25BrN2O2S/c1-10(2)13(8-18-14(19)20-15(3,4)5)17-7-12-6-11(16)9-21-12/h6,9-10,13,17H,7-8H2,1-5H3,(H,18,19). The summed E-state index contributed by atoms with van der Waals surface area (Å²) in [5.41, 5.74) is -0.464. The van der Waals surface area contributed by atoms with Crippen LogP contribution in [0.4, 0.5) is 4.79 Å². The van der Waals surface area contributed by atoms with Crippen molar-refractivity contribution in [1.82, 2.24) is 10.6 Å². The van der Waals surface area contributed by atoms with Gasteiger partial charge in [0.15, 0.2) is 0 Å². The second kappa shape index (κ2) is 8.15. The molecule has 0 aliphatic heterocycles. The highest BCUT2D eigenvalue weighted by Gasteiger charge is 2.18. The highest BCUT2D eigenvalue weighted by molar-refractivity contribution is 9.10. The van der Waals surface area contributed by atoms with Crippen molar-refractivity contribution >= 4 is 33.4 Å². The molecule has 1 aromatic rings. The minimum atomic E-state index is -0.464. The largest absolute Gasteiger partial charge is 0.444 e. The maximum absolute atomic E-state index is 11.7. The maximum atomic E-state index is 11.7. The molecule has 1 unspecified atom stereocenters. The second-order valence-electron chi connectivity index (χ2n) is 6.35. The average Bonchev–Trinajstić information content (AvgIpc) is 2.72. The molecule has 120 valence electrons. The predicted molar refractivity (Wildman–Crippen MR) is 91.7 cm³/mol. The highest BCUT2D eigenvalue weighted by atomic mass is 79.9. The Balaban J connectivity index is 2.41. The first-order chi connectivity index (χ1) is 9.67. The smallest absolute Gasteiger partial charge is 0.407 e. The number of rotatable bonds is 6. The van der Waals surface area contributed by atoms with Crippen LogP contribution in [0, 0.1) is 5.92 Å². The molecule has 0 spiro atoms. The molecule has 0 aliphatic rings. The fraction of sp³-hybridized carbons (Fsp3) is 0.667. The van der Waals surface area contributed by atoms with E-state index < -0.39 is 5.60 Å². The first-order valence-corrected chi connectivity index (χ1v) is 8.78. The third-order valence-electron chi connectivity index (χ3n) is 2.83. The van der Waals surface area contributed by atoms with Gasteiger partial charge in [-0.05, 0) is 48.7 Å². The Hall–Kier alpha value is -0.590. The summed E-state index contributed by atoms with van der Waals surface area (Å²) < 4.78 is 6.36. The van der Waals surface area contributed by atoms with Crippen molar-refractivity contribution in [3.05, 3.63) is 20.8 Å². The van der Waals surface area contributed by atoms with Crippen molar-refractivity contribution in [3.63, 3.8) is 0 Å². The van der Waals surface area contributed by atoms with Crippen molar-refractivity contribution in [1.29, 1.82) is 0 Å². The highest BCUT2D eigenvalue weighted by Crippen LogP contribution is 2.19. The minimum absolute atomic E-state index is 0.207. The van der Waals surface area contributed by atoms with E-state index in [4.69, 9.17) is 4.74 Å². The fourth-order valence-corrected chi connectivity index (χ4v) is 3.13. The molecule has 1 rings (SSSR count). The Morgan fingerprint density at radius 3 is 2.57 bits per heavy atom. The normalized spacial score (nSPS) is 13.3. The van der Waals surface area contributed by atoms with Gasteiger partial charge in [-0.25, -0.2) is 4.79 Å². The molecule has 1 heterocycles. The summed E-state index contributed by atoms with van der Waals surface area (Å²) in [5, 5.41) is 8.39. The summed E-state index contributed by atoms with van der Waals surface area (Å²) in [6, 6.07) is 2.31. The number of hydrogen-bond donors (Lipinski definition) is 2. The topological polar surface area (TPSA) is 50.4 Å². The van der Waals surface area contributed by atoms with Gasteiger partial charge in [0, 0.05) is 33.9 Å². The van der Waals surface area contributed by atoms with Gasteiger partial charge in [-0.2, -0.15) is 0 Å². The van der Waals surface area contributed by atoms with E-state index in [2.05, 4.69) is 51.9 Å². The Morgan fingerprint density at radius 1 is 1.43 bits per heavy atom. The second-order valence-corrected chi connectivity index (χ2v) is 8.26. The van der Waals surface area contributed by atoms with Crippen molar-refractivity contribution in [2.24, 2.45) is 5.92 Å². The number of ether oxygens (including phenoxy) is 1. The molecule has 0 radical (unpaired) electrons. The fourth-order valence-electron chi connectivity index (χ4n) is 1.73. The molecule has 1 atom stereocenters. The number of carbonyl (C=O) groups is 1. The van der Waals surface area contributed by atoms with Gasteiger partial charge in [0.2, 0.25) is 0 Å². The van der Waals surface area contributed by atoms with Gasteiger partial charge in [0.25, 0.3) is 0 Å². The summed E-state index contributed by atoms with van der Waals surface area (Å²) in [4.78, 5) is 13.0. The molecular weight excluding hydrogens is 352 g/mol. The monoisotopic (exact) mass is 376 g/mol. The van der Waals surface area contributed by atoms with Gasteiger partial charge >= 0.3 is 6.09 Å². The zero-order valence-electron chi connectivity index (χ0n) is 13.3. The maximum Gasteiger partial charge on any atom is 0.407 e. The molecule has 1 amide bonds. The van der Waals surface area contributed by atoms with Crippen LogP contribution in [0.2, 0.25) is 0 Å². The lowest BCUT2D eigenvalue weighted by Gasteiger charge is -2.24. The summed E-state index contributed by atoms with van der Waals surface area (Å²) >= 11 is 5.17. The van der Waals surface area contributed by atoms with Crippen LogP contribution >= 0.6 is 27.3 Å². The molecule has 0 fully saturated rings. The molecule has 1 aromatic heterocycles. The van der Waals surface area contributed by atoms with E-state index in [0.29, 0.717) is 12.5 Å². The number of thiophene rings is 1. The number of amides is 1. The molecule has 0 aromatic carbocycles. The Morgan fingerprint density at radius 2 is 2.10 bits per heavy atom. The quantitative estimate of drug-likeness (QED) is 0.783. The zero-order chi connectivity index (χ0) is 16.0. The van der Waals surface area contributed by atoms with E-state index in [9.17, 15) is 4.79 Å². The van der Waals surface area contributed by atoms with Crippen molar-refractivity contribution < 1.29 is 9.53 Å². The first kappa shape index (κ1) is 18.5. The minimum Gasteiger partial charge on any atom is -0.444 e. The molecule has 0 bridgehead atoms. The van der Waals surface area contributed by atoms with Crippen molar-refractivity contribution in [3.8, 4) is 0 Å². The molecule has 0 saturated carbocycles. The average molecular weight is 377 g/mol. The predicted octanol–water partition coefficient (Wildman–Crippen LogP) is 4.15. The van der Waals surface area contributed by atoms with Crippen LogP contribution in [0.5, 0.6) is 0 Å². The summed E-state index contributed by atoms with van der Waals surface area (Å²) in [7, 11) is 0. The van der Waals surface area contributed by atoms with Gasteiger partial charge in [0.05, 0.1) is 0 Å². The van der Waals surface area contributed by atoms with E-state index in [1.54, 1.807) is 11.3 Å². The van der Waals surface area contributed by atoms with Gasteiger partial charge in [-0.1, -0.05) is 13.8 Å². The van der Waals surface area contributed by atoms with Crippen molar-refractivity contribution in [2.75, 3.05) is 6.54 Å². The van der Waals surface area contributed by atoms with E-state index in [0.717, 1.165) is 11.0 Å². The molecule has 0 saturated heterocycles. The number of nitrogens with one attached hydrogen (secondary N) is 2. The lowest BCUT2D eigenvalue weighted by Crippen LogP contribution is -2.45. The van der Waals surface area contributed by atoms with Crippen LogP contribution in [0.15, 0.2) is 15.9 Å². The molecule has 4 nitrogen and oxygen atoms in total. The van der Waals surface area contributed by atoms with Crippen LogP contribution in [0.25, 0.3) is 0 Å². The van der Waals surface area contributed by atoms with E-state index in [1.165, 1.54) is 4.88 Å². The number of hydrogen-bond acceptors (Lipinski definition) is 4. The Bertz CT molecular complexity index is 455. The Kier molecular flexibility index (Phi) is 7.16. The molecule has 6 heteroatoms. The van der Waals surface area contributed by atoms with Gasteiger partial charge in [-0.15, -0.1) is 11.3 Å². The van der Waals surface area contributed by atoms with E-state index in [1.807, 2.05) is 20.8 Å². The Labute approximate surface area is 139 Å². The first-order valence-electron chi connectivity index (χ1n) is 7.10. The van der Waals surface area contributed by atoms with Crippen LogP contribution < -0.4 is 10.6 Å². The van der Waals surface area contributed by atoms with Gasteiger partial charge < -0.3 is 15.4 Å². The van der Waals surface area contributed by atoms with Gasteiger partial charge in [-0.3, -0.25) is 0 Å². The van der Waals surface area contributed by atoms with Gasteiger partial charge in [0.1, 0.15) is 5.60 Å². The lowest BCUT2D eigenvalue weighted by molar-refractivity contribution is 0.0519. The van der Waals surface area contributed by atoms with E-state index in [-0.39, 0.29) is 12.1 Å². The van der Waals surface area contributed by atoms with Crippen molar-refractivity contribution in [2.45, 2.75) is 52.8 Å². The lowest BCUT2D eigenvalue weighted by atomic mass is 10.0. The SMILES string of the molecule is CC(C)C(CNC(=O)OC(C)(C)C)NCc1cc(Br)cs1. The van der Waals surface area contributed by atoms with Crippen LogP contribution in [-0.4, -0.2) is 24.3 Å². The summed E-state index contributed by atoms with van der Waals surface area (Å²) in [6.07, 6.45) is -0.367. The summed E-state index contributed by atoms with van der Waals surface area (Å²) in [6.45, 7) is 11.2. The van der Waals surface area contributed by atoms with Crippen LogP contribution in [0.1, 0.15) is 39.5 Å².